The van der Waals surface area contributed by atoms with Crippen LogP contribution in [0.3, 0.4) is 0 Å². The molecule has 11 heteroatoms. The van der Waals surface area contributed by atoms with Crippen LogP contribution in [0.15, 0.2) is 94.7 Å². The highest BCUT2D eigenvalue weighted by molar-refractivity contribution is 6.99. The number of carbonyl (C=O) groups is 1. The minimum atomic E-state index is -2.92. The van der Waals surface area contributed by atoms with Gasteiger partial charge in [-0.15, -0.1) is 0 Å². The fraction of sp³-hybridized carbons (Fsp3) is 0.525. The van der Waals surface area contributed by atoms with Crippen molar-refractivity contribution < 1.29 is 28.5 Å². The Morgan fingerprint density at radius 2 is 1.47 bits per heavy atom. The quantitative estimate of drug-likeness (QED) is 0.0689. The molecule has 1 aromatic heterocycles. The zero-order chi connectivity index (χ0) is 36.7. The summed E-state index contributed by atoms with van der Waals surface area (Å²) >= 11 is 0. The smallest absolute Gasteiger partial charge is 0.330 e. The molecule has 4 atom stereocenters. The van der Waals surface area contributed by atoms with Crippen LogP contribution < -0.4 is 21.6 Å². The third kappa shape index (κ3) is 10.9. The Balaban J connectivity index is 1.36. The predicted molar refractivity (Wildman–Crippen MR) is 202 cm³/mol. The maximum atomic E-state index is 12.9. The van der Waals surface area contributed by atoms with Crippen molar-refractivity contribution >= 4 is 24.7 Å². The second-order valence-electron chi connectivity index (χ2n) is 14.2. The number of esters is 1. The lowest BCUT2D eigenvalue weighted by Crippen LogP contribution is -2.67. The van der Waals surface area contributed by atoms with E-state index in [1.165, 1.54) is 23.9 Å². The molecule has 1 unspecified atom stereocenters. The van der Waals surface area contributed by atoms with Crippen LogP contribution >= 0.6 is 0 Å². The van der Waals surface area contributed by atoms with Crippen LogP contribution in [0, 0.1) is 0 Å². The molecule has 1 saturated heterocycles. The lowest BCUT2D eigenvalue weighted by atomic mass is 10.1. The van der Waals surface area contributed by atoms with E-state index in [-0.39, 0.29) is 17.6 Å². The van der Waals surface area contributed by atoms with Gasteiger partial charge in [-0.2, -0.15) is 0 Å². The van der Waals surface area contributed by atoms with Crippen molar-refractivity contribution in [2.24, 2.45) is 0 Å². The number of nitrogens with zero attached hydrogens (tertiary/aromatic N) is 1. The molecule has 1 fully saturated rings. The van der Waals surface area contributed by atoms with Crippen LogP contribution in [0.2, 0.25) is 5.04 Å². The number of ether oxygens (including phenoxy) is 3. The van der Waals surface area contributed by atoms with Crippen molar-refractivity contribution in [3.8, 4) is 0 Å². The molecule has 0 saturated carbocycles. The Hall–Kier alpha value is -3.61. The average Bonchev–Trinajstić information content (AvgIpc) is 3.42. The molecule has 51 heavy (non-hydrogen) atoms. The summed E-state index contributed by atoms with van der Waals surface area (Å²) in [6.45, 7) is 7.06. The number of aromatic amines is 1. The molecular formula is C40H56N2O8Si. The Kier molecular flexibility index (Phi) is 15.6. The van der Waals surface area contributed by atoms with Gasteiger partial charge in [0.25, 0.3) is 13.9 Å². The highest BCUT2D eigenvalue weighted by Crippen LogP contribution is 2.38. The van der Waals surface area contributed by atoms with Gasteiger partial charge >= 0.3 is 11.7 Å². The van der Waals surface area contributed by atoms with Crippen molar-refractivity contribution in [3.05, 3.63) is 106 Å². The largest absolute Gasteiger partial charge is 0.469 e. The summed E-state index contributed by atoms with van der Waals surface area (Å²) in [6.07, 6.45) is 11.6. The van der Waals surface area contributed by atoms with E-state index in [1.54, 1.807) is 0 Å². The minimum absolute atomic E-state index is 0.0889. The SMILES string of the molecule is COC(=O)CCC/C=C/CCCCCCCCOC1[C@@H](O)[C@@H](CO[Si](c2ccccc2)(c2ccccc2)C(C)(C)C)O[C@H]1n1ccc(=O)[nH]c1=O. The Morgan fingerprint density at radius 1 is 0.882 bits per heavy atom. The molecule has 0 aliphatic carbocycles. The molecule has 4 rings (SSSR count). The third-order valence-electron chi connectivity index (χ3n) is 9.54. The fourth-order valence-electron chi connectivity index (χ4n) is 6.85. The number of aliphatic hydroxyl groups is 1. The first kappa shape index (κ1) is 40.2. The van der Waals surface area contributed by atoms with Crippen LogP contribution in [0.25, 0.3) is 0 Å². The van der Waals surface area contributed by atoms with E-state index in [9.17, 15) is 19.5 Å². The number of unbranched alkanes of at least 4 members (excludes halogenated alkanes) is 7. The molecule has 3 aromatic rings. The van der Waals surface area contributed by atoms with Crippen LogP contribution in [0.5, 0.6) is 0 Å². The van der Waals surface area contributed by atoms with Crippen molar-refractivity contribution in [1.82, 2.24) is 9.55 Å². The van der Waals surface area contributed by atoms with E-state index in [0.29, 0.717) is 13.0 Å². The minimum Gasteiger partial charge on any atom is -0.469 e. The second-order valence-corrected chi connectivity index (χ2v) is 18.5. The Bertz CT molecular complexity index is 1580. The van der Waals surface area contributed by atoms with Crippen LogP contribution in [-0.2, 0) is 23.4 Å². The van der Waals surface area contributed by atoms with E-state index < -0.39 is 44.1 Å². The zero-order valence-corrected chi connectivity index (χ0v) is 31.6. The van der Waals surface area contributed by atoms with Gasteiger partial charge in [0.05, 0.1) is 13.7 Å². The summed E-state index contributed by atoms with van der Waals surface area (Å²) in [5.41, 5.74) is -1.14. The molecule has 1 aliphatic heterocycles. The number of carbonyl (C=O) groups excluding carboxylic acids is 1. The first-order chi connectivity index (χ1) is 24.6. The molecule has 0 radical (unpaired) electrons. The highest BCUT2D eigenvalue weighted by Gasteiger charge is 2.52. The van der Waals surface area contributed by atoms with Gasteiger partial charge in [-0.05, 0) is 47.5 Å². The van der Waals surface area contributed by atoms with Gasteiger partial charge in [0.2, 0.25) is 0 Å². The standard InChI is InChI=1S/C40H56N2O8Si/c1-40(2,3)51(31-22-16-14-17-23-31,32-24-18-15-19-25-32)49-30-33-36(45)37(38(50-33)42-28-27-34(43)41-39(42)46)48-29-21-13-11-9-7-5-6-8-10-12-20-26-35(44)47-4/h8,10,14-19,22-25,27-28,33,36-38,45H,5-7,9,11-13,20-21,26,29-30H2,1-4H3,(H,41,43,46)/b10-8+/t33-,36+,37?,38-/m1/s1. The first-order valence-electron chi connectivity index (χ1n) is 18.3. The number of hydrogen-bond donors (Lipinski definition) is 2. The molecule has 0 amide bonds. The molecular weight excluding hydrogens is 665 g/mol. The average molecular weight is 721 g/mol. The van der Waals surface area contributed by atoms with Gasteiger partial charge in [0.15, 0.2) is 6.23 Å². The molecule has 2 N–H and O–H groups in total. The fourth-order valence-corrected chi connectivity index (χ4v) is 11.4. The van der Waals surface area contributed by atoms with Crippen LogP contribution in [0.4, 0.5) is 0 Å². The van der Waals surface area contributed by atoms with E-state index >= 15 is 0 Å². The lowest BCUT2D eigenvalue weighted by molar-refractivity contribution is -0.140. The van der Waals surface area contributed by atoms with Gasteiger partial charge in [-0.3, -0.25) is 19.1 Å². The number of aliphatic hydroxyl groups excluding tert-OH is 1. The van der Waals surface area contributed by atoms with Crippen molar-refractivity contribution in [1.29, 1.82) is 0 Å². The van der Waals surface area contributed by atoms with Crippen molar-refractivity contribution in [2.45, 2.75) is 115 Å². The van der Waals surface area contributed by atoms with Crippen LogP contribution in [-0.4, -0.2) is 67.6 Å². The number of allylic oxidation sites excluding steroid dienone is 2. The number of H-pyrrole nitrogens is 1. The Labute approximate surface area is 302 Å². The molecule has 0 spiro atoms. The molecule has 2 aromatic carbocycles. The second kappa shape index (κ2) is 19.8. The first-order valence-corrected chi connectivity index (χ1v) is 20.2. The predicted octanol–water partition coefficient (Wildman–Crippen LogP) is 5.39. The lowest BCUT2D eigenvalue weighted by Gasteiger charge is -2.43. The van der Waals surface area contributed by atoms with Gasteiger partial charge < -0.3 is 23.7 Å². The molecule has 0 bridgehead atoms. The summed E-state index contributed by atoms with van der Waals surface area (Å²) in [7, 11) is -1.51. The number of methoxy groups -OCH3 is 1. The van der Waals surface area contributed by atoms with Crippen molar-refractivity contribution in [2.75, 3.05) is 20.3 Å². The summed E-state index contributed by atoms with van der Waals surface area (Å²) in [5, 5.41) is 13.6. The maximum Gasteiger partial charge on any atom is 0.330 e. The zero-order valence-electron chi connectivity index (χ0n) is 30.6. The molecule has 2 heterocycles. The number of aromatic nitrogens is 2. The highest BCUT2D eigenvalue weighted by atomic mass is 28.4. The topological polar surface area (TPSA) is 129 Å². The number of benzene rings is 2. The van der Waals surface area contributed by atoms with Crippen LogP contribution in [0.1, 0.15) is 91.2 Å². The maximum absolute atomic E-state index is 12.9. The van der Waals surface area contributed by atoms with E-state index in [1.807, 2.05) is 36.4 Å². The molecule has 1 aliphatic rings. The molecule has 10 nitrogen and oxygen atoms in total. The summed E-state index contributed by atoms with van der Waals surface area (Å²) in [6, 6.07) is 21.8. The third-order valence-corrected chi connectivity index (χ3v) is 14.5. The summed E-state index contributed by atoms with van der Waals surface area (Å²) < 4.78 is 25.7. The van der Waals surface area contributed by atoms with Gasteiger partial charge in [0.1, 0.15) is 18.3 Å². The Morgan fingerprint density at radius 3 is 2.06 bits per heavy atom. The number of nitrogens with one attached hydrogen (secondary N) is 1. The van der Waals surface area contributed by atoms with E-state index in [0.717, 1.165) is 68.2 Å². The summed E-state index contributed by atoms with van der Waals surface area (Å²) in [4.78, 5) is 38.2. The molecule has 278 valence electrons. The summed E-state index contributed by atoms with van der Waals surface area (Å²) in [5.74, 6) is -0.161. The van der Waals surface area contributed by atoms with Crippen molar-refractivity contribution in [3.63, 3.8) is 0 Å². The van der Waals surface area contributed by atoms with Gasteiger partial charge in [0, 0.05) is 25.3 Å². The number of rotatable bonds is 20. The van der Waals surface area contributed by atoms with E-state index in [2.05, 4.69) is 66.9 Å². The van der Waals surface area contributed by atoms with Gasteiger partial charge in [-0.1, -0.05) is 119 Å². The number of hydrogen-bond acceptors (Lipinski definition) is 8. The normalized spacial score (nSPS) is 19.5. The van der Waals surface area contributed by atoms with Gasteiger partial charge in [-0.25, -0.2) is 4.79 Å². The monoisotopic (exact) mass is 720 g/mol. The van der Waals surface area contributed by atoms with E-state index in [4.69, 9.17) is 13.9 Å².